The highest BCUT2D eigenvalue weighted by Crippen LogP contribution is 2.18. The molecule has 0 atom stereocenters. The van der Waals surface area contributed by atoms with Gasteiger partial charge >= 0.3 is 0 Å². The van der Waals surface area contributed by atoms with Crippen molar-refractivity contribution in [2.45, 2.75) is 39.7 Å². The van der Waals surface area contributed by atoms with Crippen molar-refractivity contribution in [1.29, 1.82) is 0 Å². The average molecular weight is 178 g/mol. The SMILES string of the molecule is C=Cc1cc(C(C)C)nn1C(C)C. The molecule has 0 amide bonds. The zero-order valence-electron chi connectivity index (χ0n) is 8.91. The van der Waals surface area contributed by atoms with Crippen LogP contribution in [0.5, 0.6) is 0 Å². The van der Waals surface area contributed by atoms with Gasteiger partial charge in [-0.05, 0) is 31.9 Å². The van der Waals surface area contributed by atoms with E-state index < -0.39 is 0 Å². The monoisotopic (exact) mass is 178 g/mol. The van der Waals surface area contributed by atoms with Crippen molar-refractivity contribution in [1.82, 2.24) is 9.78 Å². The van der Waals surface area contributed by atoms with Crippen LogP contribution in [0.1, 0.15) is 51.0 Å². The lowest BCUT2D eigenvalue weighted by Gasteiger charge is -2.07. The second kappa shape index (κ2) is 3.77. The first-order valence-electron chi connectivity index (χ1n) is 4.78. The van der Waals surface area contributed by atoms with Crippen LogP contribution in [0.25, 0.3) is 6.08 Å². The minimum Gasteiger partial charge on any atom is -0.263 e. The van der Waals surface area contributed by atoms with Crippen LogP contribution in [-0.4, -0.2) is 9.78 Å². The molecule has 72 valence electrons. The van der Waals surface area contributed by atoms with Gasteiger partial charge in [0.25, 0.3) is 0 Å². The average Bonchev–Trinajstić information content (AvgIpc) is 2.47. The number of nitrogens with zero attached hydrogens (tertiary/aromatic N) is 2. The van der Waals surface area contributed by atoms with E-state index in [0.717, 1.165) is 11.4 Å². The first-order valence-corrected chi connectivity index (χ1v) is 4.78. The van der Waals surface area contributed by atoms with E-state index in [1.54, 1.807) is 0 Å². The summed E-state index contributed by atoms with van der Waals surface area (Å²) in [7, 11) is 0. The predicted molar refractivity (Wildman–Crippen MR) is 56.8 cm³/mol. The van der Waals surface area contributed by atoms with E-state index >= 15 is 0 Å². The quantitative estimate of drug-likeness (QED) is 0.694. The molecule has 1 aromatic rings. The van der Waals surface area contributed by atoms with E-state index in [1.165, 1.54) is 0 Å². The van der Waals surface area contributed by atoms with Crippen LogP contribution >= 0.6 is 0 Å². The number of hydrogen-bond donors (Lipinski definition) is 0. The third-order valence-electron chi connectivity index (χ3n) is 2.07. The van der Waals surface area contributed by atoms with Crippen LogP contribution in [0.2, 0.25) is 0 Å². The lowest BCUT2D eigenvalue weighted by Crippen LogP contribution is -2.05. The Balaban J connectivity index is 3.11. The summed E-state index contributed by atoms with van der Waals surface area (Å²) in [4.78, 5) is 0. The number of hydrogen-bond acceptors (Lipinski definition) is 1. The second-order valence-corrected chi connectivity index (χ2v) is 3.89. The maximum absolute atomic E-state index is 4.53. The molecule has 0 aliphatic rings. The lowest BCUT2D eigenvalue weighted by molar-refractivity contribution is 0.519. The van der Waals surface area contributed by atoms with Crippen molar-refractivity contribution in [3.63, 3.8) is 0 Å². The Morgan fingerprint density at radius 2 is 2.00 bits per heavy atom. The molecule has 13 heavy (non-hydrogen) atoms. The fraction of sp³-hybridized carbons (Fsp3) is 0.545. The molecule has 0 N–H and O–H groups in total. The van der Waals surface area contributed by atoms with Gasteiger partial charge in [0.2, 0.25) is 0 Å². The Labute approximate surface area is 80.3 Å². The summed E-state index contributed by atoms with van der Waals surface area (Å²) >= 11 is 0. The van der Waals surface area contributed by atoms with Gasteiger partial charge in [-0.2, -0.15) is 5.10 Å². The van der Waals surface area contributed by atoms with E-state index in [1.807, 2.05) is 10.8 Å². The van der Waals surface area contributed by atoms with Crippen LogP contribution < -0.4 is 0 Å². The molecular weight excluding hydrogens is 160 g/mol. The molecule has 0 aliphatic carbocycles. The van der Waals surface area contributed by atoms with Gasteiger partial charge in [0.1, 0.15) is 0 Å². The molecule has 0 unspecified atom stereocenters. The van der Waals surface area contributed by atoms with Gasteiger partial charge in [0.05, 0.1) is 11.4 Å². The fourth-order valence-corrected chi connectivity index (χ4v) is 1.28. The predicted octanol–water partition coefficient (Wildman–Crippen LogP) is 3.23. The van der Waals surface area contributed by atoms with Crippen LogP contribution in [0, 0.1) is 0 Å². The smallest absolute Gasteiger partial charge is 0.0656 e. The molecule has 0 aliphatic heterocycles. The van der Waals surface area contributed by atoms with Gasteiger partial charge in [-0.1, -0.05) is 20.4 Å². The molecule has 1 heterocycles. The van der Waals surface area contributed by atoms with Crippen molar-refractivity contribution in [2.24, 2.45) is 0 Å². The zero-order valence-corrected chi connectivity index (χ0v) is 8.91. The zero-order chi connectivity index (χ0) is 10.0. The number of rotatable bonds is 3. The summed E-state index contributed by atoms with van der Waals surface area (Å²) in [5, 5.41) is 4.53. The summed E-state index contributed by atoms with van der Waals surface area (Å²) in [6, 6.07) is 2.51. The Morgan fingerprint density at radius 3 is 2.31 bits per heavy atom. The summed E-state index contributed by atoms with van der Waals surface area (Å²) in [6.45, 7) is 12.3. The molecule has 1 aromatic heterocycles. The first kappa shape index (κ1) is 10.0. The third-order valence-corrected chi connectivity index (χ3v) is 2.07. The maximum atomic E-state index is 4.53. The highest BCUT2D eigenvalue weighted by Gasteiger charge is 2.09. The lowest BCUT2D eigenvalue weighted by atomic mass is 10.1. The maximum Gasteiger partial charge on any atom is 0.0656 e. The van der Waals surface area contributed by atoms with Crippen molar-refractivity contribution in [3.05, 3.63) is 24.0 Å². The highest BCUT2D eigenvalue weighted by molar-refractivity contribution is 5.43. The standard InChI is InChI=1S/C11H18N2/c1-6-10-7-11(8(2)3)12-13(10)9(4)5/h6-9H,1H2,2-5H3. The molecule has 0 saturated carbocycles. The normalized spacial score (nSPS) is 11.2. The molecule has 1 rings (SSSR count). The molecule has 2 nitrogen and oxygen atoms in total. The van der Waals surface area contributed by atoms with E-state index in [0.29, 0.717) is 12.0 Å². The Bertz CT molecular complexity index is 295. The summed E-state index contributed by atoms with van der Waals surface area (Å²) < 4.78 is 2.02. The van der Waals surface area contributed by atoms with Crippen LogP contribution in [0.3, 0.4) is 0 Å². The Hall–Kier alpha value is -1.05. The summed E-state index contributed by atoms with van der Waals surface area (Å²) in [5.41, 5.74) is 2.25. The summed E-state index contributed by atoms with van der Waals surface area (Å²) in [6.07, 6.45) is 1.86. The molecule has 0 saturated heterocycles. The molecular formula is C11H18N2. The molecule has 0 fully saturated rings. The van der Waals surface area contributed by atoms with Crippen molar-refractivity contribution in [3.8, 4) is 0 Å². The van der Waals surface area contributed by atoms with Gasteiger partial charge in [-0.15, -0.1) is 0 Å². The first-order chi connectivity index (χ1) is 6.06. The minimum atomic E-state index is 0.403. The fourth-order valence-electron chi connectivity index (χ4n) is 1.28. The number of aromatic nitrogens is 2. The van der Waals surface area contributed by atoms with Gasteiger partial charge in [-0.3, -0.25) is 4.68 Å². The van der Waals surface area contributed by atoms with Crippen LogP contribution in [0.15, 0.2) is 12.6 Å². The van der Waals surface area contributed by atoms with Gasteiger partial charge < -0.3 is 0 Å². The van der Waals surface area contributed by atoms with E-state index in [9.17, 15) is 0 Å². The molecule has 0 aromatic carbocycles. The molecule has 2 heteroatoms. The van der Waals surface area contributed by atoms with E-state index in [4.69, 9.17) is 0 Å². The van der Waals surface area contributed by atoms with Gasteiger partial charge in [0, 0.05) is 6.04 Å². The molecule has 0 radical (unpaired) electrons. The van der Waals surface area contributed by atoms with Gasteiger partial charge in [-0.25, -0.2) is 0 Å². The third kappa shape index (κ3) is 2.00. The highest BCUT2D eigenvalue weighted by atomic mass is 15.3. The largest absolute Gasteiger partial charge is 0.263 e. The van der Waals surface area contributed by atoms with Gasteiger partial charge in [0.15, 0.2) is 0 Å². The Kier molecular flexibility index (Phi) is 2.91. The van der Waals surface area contributed by atoms with Crippen LogP contribution in [0.4, 0.5) is 0 Å². The van der Waals surface area contributed by atoms with Crippen molar-refractivity contribution >= 4 is 6.08 Å². The topological polar surface area (TPSA) is 17.8 Å². The summed E-state index contributed by atoms with van der Waals surface area (Å²) in [5.74, 6) is 0.485. The minimum absolute atomic E-state index is 0.403. The Morgan fingerprint density at radius 1 is 1.38 bits per heavy atom. The van der Waals surface area contributed by atoms with E-state index in [-0.39, 0.29) is 0 Å². The van der Waals surface area contributed by atoms with Crippen molar-refractivity contribution in [2.75, 3.05) is 0 Å². The van der Waals surface area contributed by atoms with Crippen LogP contribution in [-0.2, 0) is 0 Å². The molecule has 0 spiro atoms. The molecule has 0 bridgehead atoms. The van der Waals surface area contributed by atoms with Crippen molar-refractivity contribution < 1.29 is 0 Å². The second-order valence-electron chi connectivity index (χ2n) is 3.89. The van der Waals surface area contributed by atoms with E-state index in [2.05, 4.69) is 45.4 Å².